The van der Waals surface area contributed by atoms with Crippen LogP contribution in [0, 0.1) is 0 Å². The Labute approximate surface area is 122 Å². The summed E-state index contributed by atoms with van der Waals surface area (Å²) in [6.45, 7) is -0.851. The van der Waals surface area contributed by atoms with Gasteiger partial charge in [-0.05, 0) is 24.3 Å². The molecule has 0 aliphatic heterocycles. The van der Waals surface area contributed by atoms with E-state index in [9.17, 15) is 13.6 Å². The molecule has 0 unspecified atom stereocenters. The zero-order valence-corrected chi connectivity index (χ0v) is 11.1. The topological polar surface area (TPSA) is 96.5 Å². The minimum absolute atomic E-state index is 0.0108. The highest BCUT2D eigenvalue weighted by atomic mass is 19.3. The first-order chi connectivity index (χ1) is 10.6. The van der Waals surface area contributed by atoms with Crippen molar-refractivity contribution in [3.8, 4) is 0 Å². The Bertz CT molecular complexity index is 804. The van der Waals surface area contributed by atoms with Crippen LogP contribution in [0.1, 0.15) is 16.1 Å². The molecule has 3 heterocycles. The molecule has 0 fully saturated rings. The lowest BCUT2D eigenvalue weighted by atomic mass is 10.1. The smallest absolute Gasteiger partial charge is 0.291 e. The number of fused-ring (bicyclic) bond motifs is 1. The monoisotopic (exact) mass is 304 g/mol. The summed E-state index contributed by atoms with van der Waals surface area (Å²) in [4.78, 5) is 19.5. The number of nitrogens with one attached hydrogen (secondary N) is 2. The molecule has 0 aliphatic carbocycles. The molecular formula is C13H10F2N6O. The lowest BCUT2D eigenvalue weighted by molar-refractivity contribution is -0.00283. The van der Waals surface area contributed by atoms with E-state index in [4.69, 9.17) is 0 Å². The molecule has 2 N–H and O–H groups in total. The van der Waals surface area contributed by atoms with Crippen molar-refractivity contribution in [2.75, 3.05) is 6.54 Å². The van der Waals surface area contributed by atoms with Crippen LogP contribution in [0.3, 0.4) is 0 Å². The number of H-pyrrole nitrogens is 1. The SMILES string of the molecule is O=C(NCC(F)(F)c1cccnc1)c1ccc2n[nH]nc2n1. The first-order valence-electron chi connectivity index (χ1n) is 6.30. The molecule has 7 nitrogen and oxygen atoms in total. The minimum atomic E-state index is -3.22. The Morgan fingerprint density at radius 3 is 2.91 bits per heavy atom. The molecular weight excluding hydrogens is 294 g/mol. The molecule has 3 rings (SSSR count). The molecule has 112 valence electrons. The molecule has 3 aromatic heterocycles. The minimum Gasteiger partial charge on any atom is -0.344 e. The van der Waals surface area contributed by atoms with Crippen LogP contribution in [0.15, 0.2) is 36.7 Å². The number of rotatable bonds is 4. The average molecular weight is 304 g/mol. The van der Waals surface area contributed by atoms with Gasteiger partial charge < -0.3 is 5.32 Å². The van der Waals surface area contributed by atoms with Gasteiger partial charge in [0.25, 0.3) is 11.8 Å². The highest BCUT2D eigenvalue weighted by molar-refractivity contribution is 5.93. The van der Waals surface area contributed by atoms with Crippen LogP contribution in [-0.2, 0) is 5.92 Å². The van der Waals surface area contributed by atoms with Crippen molar-refractivity contribution in [3.05, 3.63) is 47.9 Å². The summed E-state index contributed by atoms with van der Waals surface area (Å²) in [6.07, 6.45) is 2.46. The van der Waals surface area contributed by atoms with Gasteiger partial charge in [0.15, 0.2) is 0 Å². The van der Waals surface area contributed by atoms with Crippen molar-refractivity contribution in [3.63, 3.8) is 0 Å². The predicted molar refractivity (Wildman–Crippen MR) is 72.1 cm³/mol. The number of carbonyl (C=O) groups excluding carboxylic acids is 1. The van der Waals surface area contributed by atoms with E-state index in [-0.39, 0.29) is 16.9 Å². The van der Waals surface area contributed by atoms with Crippen molar-refractivity contribution in [1.29, 1.82) is 0 Å². The predicted octanol–water partition coefficient (Wildman–Crippen LogP) is 1.27. The van der Waals surface area contributed by atoms with Crippen molar-refractivity contribution in [2.45, 2.75) is 5.92 Å². The number of amides is 1. The van der Waals surface area contributed by atoms with Crippen molar-refractivity contribution >= 4 is 17.1 Å². The molecule has 0 atom stereocenters. The normalized spacial score (nSPS) is 11.5. The third-order valence-electron chi connectivity index (χ3n) is 2.97. The number of carbonyl (C=O) groups is 1. The summed E-state index contributed by atoms with van der Waals surface area (Å²) in [5, 5.41) is 12.0. The Hall–Kier alpha value is -2.97. The summed E-state index contributed by atoms with van der Waals surface area (Å²) in [5.41, 5.74) is 0.447. The largest absolute Gasteiger partial charge is 0.344 e. The fourth-order valence-corrected chi connectivity index (χ4v) is 1.83. The third kappa shape index (κ3) is 2.73. The molecule has 0 aromatic carbocycles. The van der Waals surface area contributed by atoms with E-state index in [0.717, 1.165) is 6.20 Å². The van der Waals surface area contributed by atoms with Gasteiger partial charge in [-0.3, -0.25) is 9.78 Å². The third-order valence-corrected chi connectivity index (χ3v) is 2.97. The molecule has 0 spiro atoms. The van der Waals surface area contributed by atoms with Crippen LogP contribution in [-0.4, -0.2) is 37.8 Å². The molecule has 0 saturated heterocycles. The number of nitrogens with zero attached hydrogens (tertiary/aromatic N) is 4. The standard InChI is InChI=1S/C13H10F2N6O/c14-13(15,8-2-1-5-16-6-8)7-17-12(22)10-4-3-9-11(18-10)20-21-19-9/h1-6H,7H2,(H,17,22)(H,18,19,20,21). The molecule has 3 aromatic rings. The van der Waals surface area contributed by atoms with Gasteiger partial charge in [-0.2, -0.15) is 19.1 Å². The molecule has 0 radical (unpaired) electrons. The number of pyridine rings is 2. The van der Waals surface area contributed by atoms with E-state index in [0.29, 0.717) is 5.52 Å². The molecule has 9 heteroatoms. The maximum Gasteiger partial charge on any atom is 0.291 e. The number of aromatic amines is 1. The van der Waals surface area contributed by atoms with Gasteiger partial charge in [0.1, 0.15) is 11.2 Å². The summed E-state index contributed by atoms with van der Waals surface area (Å²) in [6, 6.07) is 5.58. The van der Waals surface area contributed by atoms with E-state index in [1.807, 2.05) is 0 Å². The van der Waals surface area contributed by atoms with E-state index in [1.165, 1.54) is 30.5 Å². The fourth-order valence-electron chi connectivity index (χ4n) is 1.83. The zero-order chi connectivity index (χ0) is 15.6. The lowest BCUT2D eigenvalue weighted by Crippen LogP contribution is -2.35. The fraction of sp³-hybridized carbons (Fsp3) is 0.154. The molecule has 0 aliphatic rings. The lowest BCUT2D eigenvalue weighted by Gasteiger charge is -2.16. The van der Waals surface area contributed by atoms with Gasteiger partial charge in [0.2, 0.25) is 5.65 Å². The summed E-state index contributed by atoms with van der Waals surface area (Å²) < 4.78 is 27.9. The Kier molecular flexibility index (Phi) is 3.45. The van der Waals surface area contributed by atoms with Crippen LogP contribution in [0.4, 0.5) is 8.78 Å². The number of aromatic nitrogens is 5. The van der Waals surface area contributed by atoms with E-state index >= 15 is 0 Å². The maximum atomic E-state index is 13.9. The van der Waals surface area contributed by atoms with Gasteiger partial charge in [-0.1, -0.05) is 0 Å². The highest BCUT2D eigenvalue weighted by Gasteiger charge is 2.32. The van der Waals surface area contributed by atoms with Crippen molar-refractivity contribution in [2.24, 2.45) is 0 Å². The Morgan fingerprint density at radius 1 is 1.27 bits per heavy atom. The van der Waals surface area contributed by atoms with Crippen molar-refractivity contribution < 1.29 is 13.6 Å². The van der Waals surface area contributed by atoms with Gasteiger partial charge >= 0.3 is 0 Å². The van der Waals surface area contributed by atoms with E-state index in [2.05, 4.69) is 30.7 Å². The molecule has 0 saturated carbocycles. The second-order valence-electron chi connectivity index (χ2n) is 4.49. The number of hydrogen-bond acceptors (Lipinski definition) is 5. The second kappa shape index (κ2) is 5.43. The quantitative estimate of drug-likeness (QED) is 0.756. The number of halogens is 2. The van der Waals surface area contributed by atoms with Crippen LogP contribution in [0.25, 0.3) is 11.2 Å². The van der Waals surface area contributed by atoms with Gasteiger partial charge in [-0.15, -0.1) is 5.10 Å². The van der Waals surface area contributed by atoms with Crippen LogP contribution in [0.5, 0.6) is 0 Å². The molecule has 0 bridgehead atoms. The van der Waals surface area contributed by atoms with E-state index < -0.39 is 18.4 Å². The van der Waals surface area contributed by atoms with Crippen molar-refractivity contribution in [1.82, 2.24) is 30.7 Å². The van der Waals surface area contributed by atoms with Crippen LogP contribution >= 0.6 is 0 Å². The summed E-state index contributed by atoms with van der Waals surface area (Å²) in [5.74, 6) is -3.93. The van der Waals surface area contributed by atoms with Crippen LogP contribution < -0.4 is 5.32 Å². The summed E-state index contributed by atoms with van der Waals surface area (Å²) in [7, 11) is 0. The first-order valence-corrected chi connectivity index (χ1v) is 6.30. The number of alkyl halides is 2. The Morgan fingerprint density at radius 2 is 2.14 bits per heavy atom. The number of hydrogen-bond donors (Lipinski definition) is 2. The zero-order valence-electron chi connectivity index (χ0n) is 11.1. The van der Waals surface area contributed by atoms with Crippen LogP contribution in [0.2, 0.25) is 0 Å². The first kappa shape index (κ1) is 14.0. The average Bonchev–Trinajstić information content (AvgIpc) is 3.01. The summed E-state index contributed by atoms with van der Waals surface area (Å²) >= 11 is 0. The Balaban J connectivity index is 1.71. The van der Waals surface area contributed by atoms with Gasteiger partial charge in [0.05, 0.1) is 6.54 Å². The second-order valence-corrected chi connectivity index (χ2v) is 4.49. The molecule has 1 amide bonds. The van der Waals surface area contributed by atoms with E-state index in [1.54, 1.807) is 0 Å². The van der Waals surface area contributed by atoms with Gasteiger partial charge in [0, 0.05) is 18.0 Å². The van der Waals surface area contributed by atoms with Gasteiger partial charge in [-0.25, -0.2) is 4.98 Å². The highest BCUT2D eigenvalue weighted by Crippen LogP contribution is 2.26. The maximum absolute atomic E-state index is 13.9. The molecule has 22 heavy (non-hydrogen) atoms.